The maximum atomic E-state index is 5.64. The van der Waals surface area contributed by atoms with Crippen LogP contribution in [0.4, 0.5) is 17.1 Å². The van der Waals surface area contributed by atoms with Gasteiger partial charge < -0.3 is 19.1 Å². The van der Waals surface area contributed by atoms with E-state index >= 15 is 0 Å². The van der Waals surface area contributed by atoms with Gasteiger partial charge in [0.2, 0.25) is 0 Å². The molecule has 4 aromatic rings. The molecule has 0 aliphatic rings. The van der Waals surface area contributed by atoms with Crippen LogP contribution in [0.1, 0.15) is 20.8 Å². The van der Waals surface area contributed by atoms with Crippen LogP contribution in [0.3, 0.4) is 0 Å². The van der Waals surface area contributed by atoms with Crippen LogP contribution in [0, 0.1) is 0 Å². The Kier molecular flexibility index (Phi) is 7.71. The van der Waals surface area contributed by atoms with Crippen molar-refractivity contribution in [2.45, 2.75) is 20.8 Å². The number of anilines is 3. The Labute approximate surface area is 202 Å². The van der Waals surface area contributed by atoms with Gasteiger partial charge in [-0.1, -0.05) is 24.3 Å². The fraction of sp³-hybridized carbons (Fsp3) is 0.200. The van der Waals surface area contributed by atoms with Crippen LogP contribution < -0.4 is 19.1 Å². The summed E-state index contributed by atoms with van der Waals surface area (Å²) >= 11 is 0. The molecular formula is C30H31NO3. The summed E-state index contributed by atoms with van der Waals surface area (Å²) in [7, 11) is 0. The van der Waals surface area contributed by atoms with Gasteiger partial charge >= 0.3 is 0 Å². The van der Waals surface area contributed by atoms with E-state index in [1.165, 1.54) is 0 Å². The predicted octanol–water partition coefficient (Wildman–Crippen LogP) is 8.02. The first kappa shape index (κ1) is 23.2. The van der Waals surface area contributed by atoms with Crippen molar-refractivity contribution in [3.63, 3.8) is 0 Å². The largest absolute Gasteiger partial charge is 0.494 e. The molecule has 0 radical (unpaired) electrons. The van der Waals surface area contributed by atoms with E-state index in [9.17, 15) is 0 Å². The zero-order valence-electron chi connectivity index (χ0n) is 20.0. The van der Waals surface area contributed by atoms with Crippen molar-refractivity contribution in [2.24, 2.45) is 0 Å². The monoisotopic (exact) mass is 453 g/mol. The van der Waals surface area contributed by atoms with E-state index in [4.69, 9.17) is 14.2 Å². The Morgan fingerprint density at radius 3 is 1.00 bits per heavy atom. The zero-order valence-corrected chi connectivity index (χ0v) is 20.0. The minimum atomic E-state index is 0.648. The fourth-order valence-electron chi connectivity index (χ4n) is 3.88. The summed E-state index contributed by atoms with van der Waals surface area (Å²) in [6, 6.07) is 33.2. The van der Waals surface area contributed by atoms with Crippen molar-refractivity contribution in [1.82, 2.24) is 0 Å². The SMILES string of the molecule is CCOc1ccc(-c2ccc(N(c3ccc(OCC)cc3)c3ccc(OCC)cc3)cc2)cc1. The molecule has 0 amide bonds. The highest BCUT2D eigenvalue weighted by molar-refractivity contribution is 5.78. The van der Waals surface area contributed by atoms with Gasteiger partial charge in [-0.3, -0.25) is 0 Å². The summed E-state index contributed by atoms with van der Waals surface area (Å²) in [6.07, 6.45) is 0. The number of benzene rings is 4. The highest BCUT2D eigenvalue weighted by Crippen LogP contribution is 2.37. The highest BCUT2D eigenvalue weighted by atomic mass is 16.5. The van der Waals surface area contributed by atoms with Crippen molar-refractivity contribution < 1.29 is 14.2 Å². The maximum absolute atomic E-state index is 5.64. The van der Waals surface area contributed by atoms with Crippen LogP contribution in [0.5, 0.6) is 17.2 Å². The summed E-state index contributed by atoms with van der Waals surface area (Å²) < 4.78 is 16.8. The number of hydrogen-bond donors (Lipinski definition) is 0. The average molecular weight is 454 g/mol. The van der Waals surface area contributed by atoms with Crippen molar-refractivity contribution in [3.05, 3.63) is 97.1 Å². The third-order valence-corrected chi connectivity index (χ3v) is 5.44. The zero-order chi connectivity index (χ0) is 23.8. The van der Waals surface area contributed by atoms with Crippen molar-refractivity contribution in [1.29, 1.82) is 0 Å². The molecular weight excluding hydrogens is 422 g/mol. The van der Waals surface area contributed by atoms with Gasteiger partial charge in [-0.25, -0.2) is 0 Å². The van der Waals surface area contributed by atoms with Gasteiger partial charge in [0, 0.05) is 17.1 Å². The molecule has 0 bridgehead atoms. The first-order chi connectivity index (χ1) is 16.7. The molecule has 0 N–H and O–H groups in total. The molecule has 4 heteroatoms. The Bertz CT molecular complexity index is 1100. The Hall–Kier alpha value is -3.92. The molecule has 0 saturated heterocycles. The normalized spacial score (nSPS) is 10.6. The maximum Gasteiger partial charge on any atom is 0.119 e. The van der Waals surface area contributed by atoms with Crippen molar-refractivity contribution in [2.75, 3.05) is 24.7 Å². The summed E-state index contributed by atoms with van der Waals surface area (Å²) in [5, 5.41) is 0. The second kappa shape index (κ2) is 11.3. The van der Waals surface area contributed by atoms with Gasteiger partial charge in [-0.05, 0) is 105 Å². The molecule has 0 aliphatic carbocycles. The molecule has 0 fully saturated rings. The Balaban J connectivity index is 1.66. The molecule has 4 nitrogen and oxygen atoms in total. The van der Waals surface area contributed by atoms with Crippen molar-refractivity contribution in [3.8, 4) is 28.4 Å². The Morgan fingerprint density at radius 2 is 0.676 bits per heavy atom. The van der Waals surface area contributed by atoms with E-state index in [2.05, 4.69) is 65.6 Å². The number of rotatable bonds is 10. The summed E-state index contributed by atoms with van der Waals surface area (Å²) in [4.78, 5) is 2.23. The van der Waals surface area contributed by atoms with Crippen molar-refractivity contribution >= 4 is 17.1 Å². The van der Waals surface area contributed by atoms with E-state index in [1.807, 2.05) is 57.2 Å². The van der Waals surface area contributed by atoms with Crippen LogP contribution in [-0.2, 0) is 0 Å². The third kappa shape index (κ3) is 5.52. The molecule has 0 unspecified atom stereocenters. The average Bonchev–Trinajstić information content (AvgIpc) is 2.88. The lowest BCUT2D eigenvalue weighted by molar-refractivity contribution is 0.340. The summed E-state index contributed by atoms with van der Waals surface area (Å²) in [5.74, 6) is 2.62. The molecule has 34 heavy (non-hydrogen) atoms. The predicted molar refractivity (Wildman–Crippen MR) is 140 cm³/mol. The standard InChI is InChI=1S/C30H31NO3/c1-4-32-28-17-9-24(10-18-28)23-7-11-25(12-8-23)31(26-13-19-29(20-14-26)33-5-2)27-15-21-30(22-16-27)34-6-3/h7-22H,4-6H2,1-3H3. The van der Waals surface area contributed by atoms with Gasteiger partial charge in [0.25, 0.3) is 0 Å². The lowest BCUT2D eigenvalue weighted by Gasteiger charge is -2.26. The summed E-state index contributed by atoms with van der Waals surface area (Å²) in [6.45, 7) is 7.94. The molecule has 0 aliphatic heterocycles. The molecule has 4 rings (SSSR count). The third-order valence-electron chi connectivity index (χ3n) is 5.44. The molecule has 174 valence electrons. The van der Waals surface area contributed by atoms with Crippen LogP contribution >= 0.6 is 0 Å². The first-order valence-electron chi connectivity index (χ1n) is 11.8. The molecule has 0 heterocycles. The number of nitrogens with zero attached hydrogens (tertiary/aromatic N) is 1. The lowest BCUT2D eigenvalue weighted by atomic mass is 10.0. The number of ether oxygens (including phenoxy) is 3. The second-order valence-corrected chi connectivity index (χ2v) is 7.69. The first-order valence-corrected chi connectivity index (χ1v) is 11.8. The molecule has 4 aromatic carbocycles. The molecule has 0 atom stereocenters. The van der Waals surface area contributed by atoms with E-state index in [0.717, 1.165) is 45.4 Å². The van der Waals surface area contributed by atoms with E-state index in [-0.39, 0.29) is 0 Å². The number of hydrogen-bond acceptors (Lipinski definition) is 4. The van der Waals surface area contributed by atoms with E-state index < -0.39 is 0 Å². The fourth-order valence-corrected chi connectivity index (χ4v) is 3.88. The van der Waals surface area contributed by atoms with Crippen LogP contribution in [0.25, 0.3) is 11.1 Å². The topological polar surface area (TPSA) is 30.9 Å². The van der Waals surface area contributed by atoms with Gasteiger partial charge in [0.1, 0.15) is 17.2 Å². The van der Waals surface area contributed by atoms with Gasteiger partial charge in [-0.15, -0.1) is 0 Å². The van der Waals surface area contributed by atoms with Gasteiger partial charge in [-0.2, -0.15) is 0 Å². The smallest absolute Gasteiger partial charge is 0.119 e. The second-order valence-electron chi connectivity index (χ2n) is 7.69. The minimum Gasteiger partial charge on any atom is -0.494 e. The quantitative estimate of drug-likeness (QED) is 0.243. The van der Waals surface area contributed by atoms with Gasteiger partial charge in [0.05, 0.1) is 19.8 Å². The minimum absolute atomic E-state index is 0.648. The summed E-state index contributed by atoms with van der Waals surface area (Å²) in [5.41, 5.74) is 5.50. The highest BCUT2D eigenvalue weighted by Gasteiger charge is 2.13. The molecule has 0 aromatic heterocycles. The Morgan fingerprint density at radius 1 is 0.412 bits per heavy atom. The van der Waals surface area contributed by atoms with Crippen LogP contribution in [0.2, 0.25) is 0 Å². The van der Waals surface area contributed by atoms with Crippen LogP contribution in [-0.4, -0.2) is 19.8 Å². The van der Waals surface area contributed by atoms with E-state index in [0.29, 0.717) is 19.8 Å². The molecule has 0 spiro atoms. The van der Waals surface area contributed by atoms with E-state index in [1.54, 1.807) is 0 Å². The van der Waals surface area contributed by atoms with Gasteiger partial charge in [0.15, 0.2) is 0 Å². The molecule has 0 saturated carbocycles. The lowest BCUT2D eigenvalue weighted by Crippen LogP contribution is -2.10. The van der Waals surface area contributed by atoms with Crippen LogP contribution in [0.15, 0.2) is 97.1 Å².